The zero-order chi connectivity index (χ0) is 13.1. The van der Waals surface area contributed by atoms with Gasteiger partial charge in [0.2, 0.25) is 5.91 Å². The molecule has 1 atom stereocenters. The lowest BCUT2D eigenvalue weighted by Gasteiger charge is -2.05. The van der Waals surface area contributed by atoms with Crippen LogP contribution in [0.15, 0.2) is 23.1 Å². The highest BCUT2D eigenvalue weighted by Crippen LogP contribution is 2.27. The summed E-state index contributed by atoms with van der Waals surface area (Å²) in [5, 5.41) is 2.72. The van der Waals surface area contributed by atoms with Gasteiger partial charge in [0.25, 0.3) is 0 Å². The Bertz CT molecular complexity index is 489. The van der Waals surface area contributed by atoms with Gasteiger partial charge in [0, 0.05) is 11.4 Å². The van der Waals surface area contributed by atoms with Gasteiger partial charge in [-0.3, -0.25) is 9.00 Å². The average molecular weight is 270 g/mol. The van der Waals surface area contributed by atoms with E-state index in [2.05, 4.69) is 5.32 Å². The van der Waals surface area contributed by atoms with E-state index in [1.54, 1.807) is 0 Å². The topological polar surface area (TPSA) is 72.2 Å². The lowest BCUT2D eigenvalue weighted by atomic mass is 10.3. The first-order chi connectivity index (χ1) is 8.56. The molecule has 6 heteroatoms. The average Bonchev–Trinajstić information content (AvgIpc) is 3.14. The SMILES string of the molecule is Nc1ccc(S(=O)CC(=O)NCC2CC2)cc1F. The van der Waals surface area contributed by atoms with Crippen LogP contribution in [0.5, 0.6) is 0 Å². The summed E-state index contributed by atoms with van der Waals surface area (Å²) in [4.78, 5) is 11.8. The second kappa shape index (κ2) is 5.48. The number of nitrogens with one attached hydrogen (secondary N) is 1. The summed E-state index contributed by atoms with van der Waals surface area (Å²) in [6.45, 7) is 0.645. The zero-order valence-corrected chi connectivity index (χ0v) is 10.6. The zero-order valence-electron chi connectivity index (χ0n) is 9.82. The van der Waals surface area contributed by atoms with Crippen molar-refractivity contribution in [2.24, 2.45) is 5.92 Å². The Morgan fingerprint density at radius 1 is 1.50 bits per heavy atom. The number of nitrogens with two attached hydrogens (primary N) is 1. The fraction of sp³-hybridized carbons (Fsp3) is 0.417. The van der Waals surface area contributed by atoms with E-state index in [0.717, 1.165) is 18.9 Å². The molecule has 1 aromatic rings. The predicted molar refractivity (Wildman–Crippen MR) is 67.8 cm³/mol. The van der Waals surface area contributed by atoms with Crippen LogP contribution in [0.2, 0.25) is 0 Å². The van der Waals surface area contributed by atoms with Gasteiger partial charge in [-0.2, -0.15) is 0 Å². The molecule has 98 valence electrons. The van der Waals surface area contributed by atoms with E-state index in [9.17, 15) is 13.4 Å². The van der Waals surface area contributed by atoms with Crippen molar-refractivity contribution in [1.82, 2.24) is 5.32 Å². The first-order valence-corrected chi connectivity index (χ1v) is 7.08. The monoisotopic (exact) mass is 270 g/mol. The quantitative estimate of drug-likeness (QED) is 0.785. The van der Waals surface area contributed by atoms with Crippen molar-refractivity contribution in [2.75, 3.05) is 18.0 Å². The van der Waals surface area contributed by atoms with Crippen LogP contribution < -0.4 is 11.1 Å². The Kier molecular flexibility index (Phi) is 3.96. The van der Waals surface area contributed by atoms with Crippen LogP contribution >= 0.6 is 0 Å². The van der Waals surface area contributed by atoms with Crippen LogP contribution in [0, 0.1) is 11.7 Å². The first-order valence-electron chi connectivity index (χ1n) is 5.76. The molecule has 3 N–H and O–H groups in total. The molecule has 0 heterocycles. The molecule has 1 unspecified atom stereocenters. The molecular weight excluding hydrogens is 255 g/mol. The molecule has 1 aliphatic rings. The minimum absolute atomic E-state index is 0.00827. The minimum Gasteiger partial charge on any atom is -0.396 e. The maximum absolute atomic E-state index is 13.2. The van der Waals surface area contributed by atoms with Gasteiger partial charge in [0.15, 0.2) is 0 Å². The second-order valence-electron chi connectivity index (χ2n) is 4.42. The maximum atomic E-state index is 13.2. The molecule has 0 spiro atoms. The number of benzene rings is 1. The van der Waals surface area contributed by atoms with E-state index < -0.39 is 16.6 Å². The molecular formula is C12H15FN2O2S. The van der Waals surface area contributed by atoms with E-state index in [-0.39, 0.29) is 22.2 Å². The Hall–Kier alpha value is -1.43. The molecule has 1 amide bonds. The van der Waals surface area contributed by atoms with Gasteiger partial charge < -0.3 is 11.1 Å². The fourth-order valence-corrected chi connectivity index (χ4v) is 2.44. The molecule has 0 saturated heterocycles. The predicted octanol–water partition coefficient (Wildman–Crippen LogP) is 1.04. The summed E-state index contributed by atoms with van der Waals surface area (Å²) >= 11 is 0. The van der Waals surface area contributed by atoms with Gasteiger partial charge in [0.05, 0.1) is 16.5 Å². The van der Waals surface area contributed by atoms with Gasteiger partial charge in [0.1, 0.15) is 11.6 Å². The van der Waals surface area contributed by atoms with Gasteiger partial charge in [-0.05, 0) is 37.0 Å². The number of carbonyl (C=O) groups excluding carboxylic acids is 1. The molecule has 0 aliphatic heterocycles. The summed E-state index contributed by atoms with van der Waals surface area (Å²) in [7, 11) is -1.53. The number of amides is 1. The lowest BCUT2D eigenvalue weighted by molar-refractivity contribution is -0.118. The Labute approximate surface area is 107 Å². The summed E-state index contributed by atoms with van der Waals surface area (Å²) in [6.07, 6.45) is 2.29. The standard InChI is InChI=1S/C12H15FN2O2S/c13-10-5-9(3-4-11(10)14)18(17)7-12(16)15-6-8-1-2-8/h3-5,8H,1-2,6-7,14H2,(H,15,16). The molecule has 1 fully saturated rings. The van der Waals surface area contributed by atoms with Gasteiger partial charge >= 0.3 is 0 Å². The summed E-state index contributed by atoms with van der Waals surface area (Å²) in [6, 6.07) is 3.94. The third-order valence-electron chi connectivity index (χ3n) is 2.78. The molecule has 0 aromatic heterocycles. The van der Waals surface area contributed by atoms with E-state index in [1.807, 2.05) is 0 Å². The third kappa shape index (κ3) is 3.53. The molecule has 0 radical (unpaired) electrons. The highest BCUT2D eigenvalue weighted by molar-refractivity contribution is 7.85. The molecule has 2 rings (SSSR count). The van der Waals surface area contributed by atoms with Gasteiger partial charge in [-0.25, -0.2) is 4.39 Å². The van der Waals surface area contributed by atoms with Crippen LogP contribution in [0.4, 0.5) is 10.1 Å². The van der Waals surface area contributed by atoms with Crippen LogP contribution in [0.3, 0.4) is 0 Å². The van der Waals surface area contributed by atoms with Crippen molar-refractivity contribution < 1.29 is 13.4 Å². The van der Waals surface area contributed by atoms with Crippen molar-refractivity contribution in [3.05, 3.63) is 24.0 Å². The Balaban J connectivity index is 1.89. The Morgan fingerprint density at radius 2 is 2.22 bits per heavy atom. The van der Waals surface area contributed by atoms with E-state index >= 15 is 0 Å². The van der Waals surface area contributed by atoms with E-state index in [0.29, 0.717) is 12.5 Å². The fourth-order valence-electron chi connectivity index (χ4n) is 1.48. The minimum atomic E-state index is -1.53. The number of halogens is 1. The number of rotatable bonds is 5. The lowest BCUT2D eigenvalue weighted by Crippen LogP contribution is -2.30. The molecule has 0 bridgehead atoms. The largest absolute Gasteiger partial charge is 0.396 e. The first kappa shape index (κ1) is 13.0. The highest BCUT2D eigenvalue weighted by Gasteiger charge is 2.22. The number of nitrogen functional groups attached to an aromatic ring is 1. The van der Waals surface area contributed by atoms with Crippen molar-refractivity contribution in [3.8, 4) is 0 Å². The number of carbonyl (C=O) groups is 1. The number of hydrogen-bond acceptors (Lipinski definition) is 3. The number of hydrogen-bond donors (Lipinski definition) is 2. The Morgan fingerprint density at radius 3 is 2.83 bits per heavy atom. The van der Waals surface area contributed by atoms with E-state index in [4.69, 9.17) is 5.73 Å². The molecule has 18 heavy (non-hydrogen) atoms. The third-order valence-corrected chi connectivity index (χ3v) is 4.09. The van der Waals surface area contributed by atoms with Crippen molar-refractivity contribution in [3.63, 3.8) is 0 Å². The smallest absolute Gasteiger partial charge is 0.233 e. The maximum Gasteiger partial charge on any atom is 0.233 e. The summed E-state index contributed by atoms with van der Waals surface area (Å²) < 4.78 is 25.0. The highest BCUT2D eigenvalue weighted by atomic mass is 32.2. The van der Waals surface area contributed by atoms with Gasteiger partial charge in [-0.15, -0.1) is 0 Å². The molecule has 4 nitrogen and oxygen atoms in total. The van der Waals surface area contributed by atoms with Crippen molar-refractivity contribution in [2.45, 2.75) is 17.7 Å². The summed E-state index contributed by atoms with van der Waals surface area (Å²) in [5.41, 5.74) is 5.33. The normalized spacial score (nSPS) is 16.3. The number of anilines is 1. The van der Waals surface area contributed by atoms with Crippen molar-refractivity contribution >= 4 is 22.4 Å². The van der Waals surface area contributed by atoms with Crippen molar-refractivity contribution in [1.29, 1.82) is 0 Å². The second-order valence-corrected chi connectivity index (χ2v) is 5.87. The van der Waals surface area contributed by atoms with Crippen LogP contribution in [-0.4, -0.2) is 22.4 Å². The molecule has 1 aromatic carbocycles. The van der Waals surface area contributed by atoms with Crippen LogP contribution in [0.25, 0.3) is 0 Å². The molecule has 1 saturated carbocycles. The van der Waals surface area contributed by atoms with Crippen LogP contribution in [0.1, 0.15) is 12.8 Å². The van der Waals surface area contributed by atoms with E-state index in [1.165, 1.54) is 12.1 Å². The molecule has 1 aliphatic carbocycles. The van der Waals surface area contributed by atoms with Gasteiger partial charge in [-0.1, -0.05) is 0 Å². The summed E-state index contributed by atoms with van der Waals surface area (Å²) in [5.74, 6) is -0.441. The van der Waals surface area contributed by atoms with Crippen LogP contribution in [-0.2, 0) is 15.6 Å².